The number of anilines is 2. The second-order valence-corrected chi connectivity index (χ2v) is 12.9. The molecule has 0 fully saturated rings. The third kappa shape index (κ3) is 5.21. The zero-order chi connectivity index (χ0) is 38.1. The summed E-state index contributed by atoms with van der Waals surface area (Å²) in [5.74, 6) is -2.27. The number of benzene rings is 4. The van der Waals surface area contributed by atoms with Crippen molar-refractivity contribution in [3.05, 3.63) is 130 Å². The molecular weight excluding hydrogens is 704 g/mol. The van der Waals surface area contributed by atoms with Crippen molar-refractivity contribution in [3.8, 4) is 22.9 Å². The molecule has 55 heavy (non-hydrogen) atoms. The van der Waals surface area contributed by atoms with E-state index in [1.807, 2.05) is 0 Å². The molecule has 0 saturated heterocycles. The first-order chi connectivity index (χ1) is 26.6. The lowest BCUT2D eigenvalue weighted by molar-refractivity contribution is -0.122. The molecule has 2 aliphatic heterocycles. The lowest BCUT2D eigenvalue weighted by Gasteiger charge is -2.29. The Morgan fingerprint density at radius 3 is 1.29 bits per heavy atom. The summed E-state index contributed by atoms with van der Waals surface area (Å²) in [5.41, 5.74) is 10.3. The minimum Gasteiger partial charge on any atom is -0.416 e. The monoisotopic (exact) mass is 728 g/mol. The van der Waals surface area contributed by atoms with Gasteiger partial charge in [-0.2, -0.15) is 10.2 Å². The number of rotatable bonds is 6. The molecule has 266 valence electrons. The predicted octanol–water partition coefficient (Wildman–Crippen LogP) is 4.72. The van der Waals surface area contributed by atoms with Crippen molar-refractivity contribution in [2.24, 2.45) is 10.2 Å². The quantitative estimate of drug-likeness (QED) is 0.181. The zero-order valence-corrected chi connectivity index (χ0v) is 28.8. The van der Waals surface area contributed by atoms with Gasteiger partial charge in [0.05, 0.1) is 22.5 Å². The maximum atomic E-state index is 13.2. The van der Waals surface area contributed by atoms with E-state index in [4.69, 9.17) is 4.42 Å². The van der Waals surface area contributed by atoms with Crippen molar-refractivity contribution in [1.82, 2.24) is 20.0 Å². The highest BCUT2D eigenvalue weighted by Crippen LogP contribution is 2.36. The van der Waals surface area contributed by atoms with E-state index in [2.05, 4.69) is 31.3 Å². The highest BCUT2D eigenvalue weighted by molar-refractivity contribution is 6.57. The number of hydrogen-bond acceptors (Lipinski definition) is 13. The fourth-order valence-corrected chi connectivity index (χ4v) is 6.74. The summed E-state index contributed by atoms with van der Waals surface area (Å²) in [6.07, 6.45) is 2.78. The molecule has 0 saturated carbocycles. The van der Waals surface area contributed by atoms with Gasteiger partial charge in [-0.3, -0.25) is 49.4 Å². The SMILES string of the molecule is CN1C(=O)C2=C/C(=N/Nc3ccc(-c4nnc(-c5ccc(N/N=C6\C=C7C(=O)N(C)C(=O)c8cccc(c87)C6=O)cc5)o4)cc3)C(=O)c3cccc(c32)C1=O. The van der Waals surface area contributed by atoms with Crippen LogP contribution >= 0.6 is 0 Å². The Morgan fingerprint density at radius 2 is 0.891 bits per heavy atom. The minimum absolute atomic E-state index is 0.0198. The number of carbonyl (C=O) groups is 6. The molecule has 3 heterocycles. The van der Waals surface area contributed by atoms with Crippen molar-refractivity contribution >= 4 is 69.1 Å². The summed E-state index contributed by atoms with van der Waals surface area (Å²) < 4.78 is 5.93. The largest absolute Gasteiger partial charge is 0.416 e. The van der Waals surface area contributed by atoms with Crippen LogP contribution in [0.2, 0.25) is 0 Å². The highest BCUT2D eigenvalue weighted by Gasteiger charge is 2.40. The fraction of sp³-hybridized carbons (Fsp3) is 0.0500. The van der Waals surface area contributed by atoms with Gasteiger partial charge in [0.1, 0.15) is 11.4 Å². The van der Waals surface area contributed by atoms with E-state index in [0.29, 0.717) is 44.8 Å². The Balaban J connectivity index is 0.882. The van der Waals surface area contributed by atoms with Crippen LogP contribution in [0, 0.1) is 0 Å². The molecule has 9 rings (SSSR count). The molecule has 15 heteroatoms. The summed E-state index contributed by atoms with van der Waals surface area (Å²) >= 11 is 0. The molecule has 0 bridgehead atoms. The molecule has 0 atom stereocenters. The number of imide groups is 2. The lowest BCUT2D eigenvalue weighted by atomic mass is 9.82. The third-order valence-electron chi connectivity index (χ3n) is 9.62. The molecule has 4 aromatic carbocycles. The number of nitrogens with one attached hydrogen (secondary N) is 2. The van der Waals surface area contributed by atoms with Crippen molar-refractivity contribution in [3.63, 3.8) is 0 Å². The van der Waals surface area contributed by atoms with E-state index in [9.17, 15) is 28.8 Å². The maximum absolute atomic E-state index is 13.2. The Kier molecular flexibility index (Phi) is 7.39. The summed E-state index contributed by atoms with van der Waals surface area (Å²) in [6, 6.07) is 23.3. The van der Waals surface area contributed by atoms with Gasteiger partial charge in [0.15, 0.2) is 0 Å². The first kappa shape index (κ1) is 32.9. The van der Waals surface area contributed by atoms with Crippen molar-refractivity contribution in [2.75, 3.05) is 24.9 Å². The normalized spacial score (nSPS) is 17.3. The molecule has 4 aliphatic rings. The van der Waals surface area contributed by atoms with Gasteiger partial charge in [0.2, 0.25) is 23.3 Å². The van der Waals surface area contributed by atoms with Gasteiger partial charge in [0.25, 0.3) is 23.6 Å². The number of carbonyl (C=O) groups excluding carboxylic acids is 6. The van der Waals surface area contributed by atoms with Crippen LogP contribution in [0.1, 0.15) is 52.6 Å². The fourth-order valence-electron chi connectivity index (χ4n) is 6.74. The standard InChI is InChI=1S/C40H24N8O7/c1-47-37(51)25-7-3-5-23-31(25)27(39(47)53)17-29(33(23)49)43-41-21-13-9-19(10-14-21)35-45-46-36(55-35)20-11-15-22(16-12-20)42-44-30-18-28-32-24(34(30)50)6-4-8-26(32)38(52)48(2)40(28)54/h3-18,41-42H,1-2H3/b43-29-,44-30+. The molecule has 2 N–H and O–H groups in total. The van der Waals surface area contributed by atoms with Gasteiger partial charge >= 0.3 is 0 Å². The van der Waals surface area contributed by atoms with Crippen molar-refractivity contribution < 1.29 is 33.2 Å². The highest BCUT2D eigenvalue weighted by atomic mass is 16.4. The van der Waals surface area contributed by atoms with Gasteiger partial charge < -0.3 is 4.42 Å². The maximum Gasteiger partial charge on any atom is 0.261 e. The number of allylic oxidation sites excluding steroid dienone is 2. The first-order valence-electron chi connectivity index (χ1n) is 16.7. The summed E-state index contributed by atoms with van der Waals surface area (Å²) in [7, 11) is 2.79. The molecule has 5 aromatic rings. The third-order valence-corrected chi connectivity index (χ3v) is 9.62. The molecule has 0 spiro atoms. The van der Waals surface area contributed by atoms with Gasteiger partial charge in [-0.1, -0.05) is 24.3 Å². The van der Waals surface area contributed by atoms with Crippen LogP contribution in [0.15, 0.2) is 112 Å². The van der Waals surface area contributed by atoms with E-state index in [-0.39, 0.29) is 45.5 Å². The van der Waals surface area contributed by atoms with Crippen molar-refractivity contribution in [1.29, 1.82) is 0 Å². The van der Waals surface area contributed by atoms with E-state index in [1.165, 1.54) is 26.2 Å². The number of nitrogens with zero attached hydrogens (tertiary/aromatic N) is 6. The van der Waals surface area contributed by atoms with E-state index >= 15 is 0 Å². The predicted molar refractivity (Wildman–Crippen MR) is 199 cm³/mol. The topological polar surface area (TPSA) is 197 Å². The van der Waals surface area contributed by atoms with Gasteiger partial charge in [0, 0.05) is 58.6 Å². The van der Waals surface area contributed by atoms with E-state index < -0.39 is 35.2 Å². The van der Waals surface area contributed by atoms with Crippen LogP contribution in [0.5, 0.6) is 0 Å². The molecule has 4 amide bonds. The molecule has 1 aromatic heterocycles. The summed E-state index contributed by atoms with van der Waals surface area (Å²) in [6.45, 7) is 0. The number of hydrogen-bond donors (Lipinski definition) is 2. The number of Topliss-reactive ketones (excluding diaryl/α,β-unsaturated/α-hetero) is 2. The second-order valence-electron chi connectivity index (χ2n) is 12.9. The average Bonchev–Trinajstić information content (AvgIpc) is 3.71. The Hall–Kier alpha value is -7.94. The van der Waals surface area contributed by atoms with Crippen LogP contribution in [0.3, 0.4) is 0 Å². The Morgan fingerprint density at radius 1 is 0.509 bits per heavy atom. The summed E-state index contributed by atoms with van der Waals surface area (Å²) in [4.78, 5) is 79.5. The van der Waals surface area contributed by atoms with Crippen molar-refractivity contribution in [2.45, 2.75) is 0 Å². The number of likely N-dealkylation sites (N-methyl/N-ethyl adjacent to an activating group) is 2. The van der Waals surface area contributed by atoms with Gasteiger partial charge in [-0.05, 0) is 72.8 Å². The number of amides is 4. The zero-order valence-electron chi connectivity index (χ0n) is 28.8. The average molecular weight is 729 g/mol. The minimum atomic E-state index is -0.510. The molecular formula is C40H24N8O7. The number of ketones is 2. The Bertz CT molecular complexity index is 2550. The van der Waals surface area contributed by atoms with E-state index in [0.717, 1.165) is 9.80 Å². The van der Waals surface area contributed by atoms with Crippen LogP contribution < -0.4 is 10.9 Å². The molecule has 2 aliphatic carbocycles. The number of hydrazone groups is 2. The summed E-state index contributed by atoms with van der Waals surface area (Å²) in [5, 5.41) is 16.9. The Labute approximate surface area is 310 Å². The second kappa shape index (κ2) is 12.3. The molecule has 15 nitrogen and oxygen atoms in total. The van der Waals surface area contributed by atoms with Crippen LogP contribution in [-0.4, -0.2) is 80.7 Å². The van der Waals surface area contributed by atoms with Gasteiger partial charge in [-0.25, -0.2) is 0 Å². The lowest BCUT2D eigenvalue weighted by Crippen LogP contribution is -2.41. The smallest absolute Gasteiger partial charge is 0.261 e. The molecule has 0 unspecified atom stereocenters. The van der Waals surface area contributed by atoms with Crippen LogP contribution in [0.25, 0.3) is 34.1 Å². The van der Waals surface area contributed by atoms with Crippen LogP contribution in [0.4, 0.5) is 11.4 Å². The first-order valence-corrected chi connectivity index (χ1v) is 16.7. The van der Waals surface area contributed by atoms with E-state index in [1.54, 1.807) is 84.9 Å². The van der Waals surface area contributed by atoms with Crippen LogP contribution in [-0.2, 0) is 9.59 Å². The molecule has 0 radical (unpaired) electrons. The number of aromatic nitrogens is 2. The van der Waals surface area contributed by atoms with Gasteiger partial charge in [-0.15, -0.1) is 10.2 Å².